The molecule has 0 aliphatic carbocycles. The van der Waals surface area contributed by atoms with Gasteiger partial charge in [0.05, 0.1) is 49.6 Å². The Balaban J connectivity index is 0.000000170. The lowest BCUT2D eigenvalue weighted by Gasteiger charge is -2.22. The topological polar surface area (TPSA) is 141 Å². The predicted molar refractivity (Wildman–Crippen MR) is 238 cm³/mol. The molecule has 0 fully saturated rings. The molecule has 68 heavy (non-hydrogen) atoms. The second-order valence-electron chi connectivity index (χ2n) is 16.1. The molecule has 2 aromatic carbocycles. The summed E-state index contributed by atoms with van der Waals surface area (Å²) in [5.41, 5.74) is 5.26. The van der Waals surface area contributed by atoms with Crippen LogP contribution >= 0.6 is 0 Å². The average Bonchev–Trinajstić information content (AvgIpc) is 4.17. The molecule has 0 spiro atoms. The Kier molecular flexibility index (Phi) is 12.7. The van der Waals surface area contributed by atoms with E-state index < -0.39 is 34.9 Å². The van der Waals surface area contributed by atoms with Gasteiger partial charge in [-0.15, -0.1) is 0 Å². The van der Waals surface area contributed by atoms with Gasteiger partial charge in [0, 0.05) is 37.3 Å². The summed E-state index contributed by atoms with van der Waals surface area (Å²) >= 11 is 0. The van der Waals surface area contributed by atoms with Crippen LogP contribution in [0.25, 0.3) is 35.7 Å². The highest BCUT2D eigenvalue weighted by atomic mass is 19.2. The molecule has 0 saturated heterocycles. The Hall–Kier alpha value is -7.90. The van der Waals surface area contributed by atoms with E-state index in [0.717, 1.165) is 59.9 Å². The predicted octanol–water partition coefficient (Wildman–Crippen LogP) is 9.38. The molecule has 20 heteroatoms. The molecule has 0 bridgehead atoms. The fourth-order valence-corrected chi connectivity index (χ4v) is 8.26. The number of halogens is 6. The summed E-state index contributed by atoms with van der Waals surface area (Å²) in [4.78, 5) is 26.6. The van der Waals surface area contributed by atoms with Gasteiger partial charge in [-0.1, -0.05) is 0 Å². The number of aryl methyl sites for hydroxylation is 4. The summed E-state index contributed by atoms with van der Waals surface area (Å²) in [6.07, 6.45) is 16.9. The first-order chi connectivity index (χ1) is 32.8. The van der Waals surface area contributed by atoms with E-state index in [4.69, 9.17) is 9.47 Å². The van der Waals surface area contributed by atoms with E-state index in [1.54, 1.807) is 60.5 Å². The molecule has 10 rings (SSSR count). The van der Waals surface area contributed by atoms with Crippen LogP contribution in [0.3, 0.4) is 0 Å². The van der Waals surface area contributed by atoms with Crippen LogP contribution < -0.4 is 9.47 Å². The summed E-state index contributed by atoms with van der Waals surface area (Å²) in [5.74, 6) is -5.56. The second-order valence-corrected chi connectivity index (χ2v) is 16.1. The van der Waals surface area contributed by atoms with Gasteiger partial charge in [-0.3, -0.25) is 0 Å². The maximum Gasteiger partial charge on any atom is 0.238 e. The van der Waals surface area contributed by atoms with Crippen LogP contribution in [0.2, 0.25) is 0 Å². The Labute approximate surface area is 385 Å². The van der Waals surface area contributed by atoms with Crippen molar-refractivity contribution in [2.24, 2.45) is 0 Å². The highest BCUT2D eigenvalue weighted by Gasteiger charge is 2.29. The summed E-state index contributed by atoms with van der Waals surface area (Å²) in [6, 6.07) is 11.6. The minimum atomic E-state index is -1.47. The Morgan fingerprint density at radius 2 is 0.941 bits per heavy atom. The number of hydrogen-bond acceptors (Lipinski definition) is 10. The van der Waals surface area contributed by atoms with Crippen molar-refractivity contribution < 1.29 is 35.8 Å². The fraction of sp³-hybridized carbons (Fsp3) is 0.250. The summed E-state index contributed by atoms with van der Waals surface area (Å²) in [6.45, 7) is 5.09. The molecule has 0 N–H and O–H groups in total. The molecule has 2 aliphatic rings. The van der Waals surface area contributed by atoms with Crippen molar-refractivity contribution >= 4 is 24.3 Å². The SMILES string of the molecule is COc1nc(/C=C/c2nc3n(n2)CCC[C@@H]3c2cc(F)c(F)c(F)c2)ccc1-n1cnc(C)c1.COc1nc(/C=C/c2nc3n(n2)CCC[C@H]3c2cc(F)c(F)c(F)c2)ccc1-n1cnc(C)c1. The molecule has 6 aromatic heterocycles. The number of aromatic nitrogens is 12. The highest BCUT2D eigenvalue weighted by Crippen LogP contribution is 2.35. The molecule has 0 saturated carbocycles. The lowest BCUT2D eigenvalue weighted by atomic mass is 9.91. The number of pyridine rings is 2. The van der Waals surface area contributed by atoms with Gasteiger partial charge in [0.1, 0.15) is 23.0 Å². The molecule has 14 nitrogen and oxygen atoms in total. The number of ether oxygens (including phenoxy) is 2. The van der Waals surface area contributed by atoms with E-state index in [1.165, 1.54) is 0 Å². The summed E-state index contributed by atoms with van der Waals surface area (Å²) < 4.78 is 100.0. The number of fused-ring (bicyclic) bond motifs is 2. The smallest absolute Gasteiger partial charge is 0.238 e. The molecular weight excluding hydrogens is 891 g/mol. The van der Waals surface area contributed by atoms with E-state index in [9.17, 15) is 26.3 Å². The second kappa shape index (κ2) is 19.1. The molecule has 0 unspecified atom stereocenters. The molecule has 348 valence electrons. The third kappa shape index (κ3) is 9.38. The standard InChI is InChI=1S/2C24H21F3N6O/c2*1-14-12-32(13-28-14)20-7-5-16(29-24(20)34-2)6-8-21-30-23-17(4-3-9-33(23)31-21)15-10-18(25)22(27)19(26)11-15/h2*5-8,10-13,17H,3-4,9H2,1-2H3/b2*8-6+/t2*17-/m10/s1. The van der Waals surface area contributed by atoms with Gasteiger partial charge in [-0.2, -0.15) is 10.2 Å². The van der Waals surface area contributed by atoms with Crippen molar-refractivity contribution in [2.45, 2.75) is 64.5 Å². The van der Waals surface area contributed by atoms with Crippen LogP contribution in [-0.2, 0) is 13.1 Å². The van der Waals surface area contributed by atoms with Crippen LogP contribution in [0.1, 0.15) is 94.7 Å². The number of hydrogen-bond donors (Lipinski definition) is 0. The van der Waals surface area contributed by atoms with Crippen molar-refractivity contribution in [3.8, 4) is 23.1 Å². The number of benzene rings is 2. The van der Waals surface area contributed by atoms with E-state index in [0.29, 0.717) is 83.5 Å². The molecule has 0 amide bonds. The number of methoxy groups -OCH3 is 2. The zero-order valence-corrected chi connectivity index (χ0v) is 37.1. The van der Waals surface area contributed by atoms with Crippen LogP contribution in [0.15, 0.2) is 73.6 Å². The van der Waals surface area contributed by atoms with Gasteiger partial charge in [0.2, 0.25) is 11.8 Å². The van der Waals surface area contributed by atoms with Gasteiger partial charge < -0.3 is 18.6 Å². The van der Waals surface area contributed by atoms with Crippen LogP contribution in [-0.4, -0.2) is 72.8 Å². The number of imidazole rings is 2. The largest absolute Gasteiger partial charge is 0.479 e. The lowest BCUT2D eigenvalue weighted by Crippen LogP contribution is -2.18. The van der Waals surface area contributed by atoms with Crippen molar-refractivity contribution in [1.29, 1.82) is 0 Å². The number of nitrogens with zero attached hydrogens (tertiary/aromatic N) is 12. The molecule has 0 radical (unpaired) electrons. The van der Waals surface area contributed by atoms with Gasteiger partial charge >= 0.3 is 0 Å². The van der Waals surface area contributed by atoms with Crippen molar-refractivity contribution in [3.63, 3.8) is 0 Å². The van der Waals surface area contributed by atoms with Gasteiger partial charge in [0.15, 0.2) is 46.6 Å². The monoisotopic (exact) mass is 932 g/mol. The van der Waals surface area contributed by atoms with Gasteiger partial charge in [0.25, 0.3) is 0 Å². The minimum absolute atomic E-state index is 0.344. The zero-order valence-electron chi connectivity index (χ0n) is 37.1. The third-order valence-corrected chi connectivity index (χ3v) is 11.5. The minimum Gasteiger partial charge on any atom is -0.479 e. The zero-order chi connectivity index (χ0) is 47.6. The molecular formula is C48H42F6N12O2. The van der Waals surface area contributed by atoms with E-state index >= 15 is 0 Å². The summed E-state index contributed by atoms with van der Waals surface area (Å²) in [5, 5.41) is 9.00. The van der Waals surface area contributed by atoms with Crippen molar-refractivity contribution in [3.05, 3.63) is 166 Å². The third-order valence-electron chi connectivity index (χ3n) is 11.5. The van der Waals surface area contributed by atoms with Gasteiger partial charge in [-0.05, 0) is 123 Å². The molecule has 8 heterocycles. The maximum absolute atomic E-state index is 13.8. The fourth-order valence-electron chi connectivity index (χ4n) is 8.26. The first-order valence-electron chi connectivity index (χ1n) is 21.5. The Bertz CT molecular complexity index is 2950. The van der Waals surface area contributed by atoms with E-state index in [2.05, 4.69) is 40.1 Å². The number of rotatable bonds is 10. The quantitative estimate of drug-likeness (QED) is 0.0962. The van der Waals surface area contributed by atoms with Crippen LogP contribution in [0.4, 0.5) is 26.3 Å². The van der Waals surface area contributed by atoms with Gasteiger partial charge in [-0.25, -0.2) is 65.6 Å². The highest BCUT2D eigenvalue weighted by molar-refractivity contribution is 5.67. The Morgan fingerprint density at radius 1 is 0.544 bits per heavy atom. The molecule has 2 atom stereocenters. The average molecular weight is 933 g/mol. The van der Waals surface area contributed by atoms with Crippen LogP contribution in [0.5, 0.6) is 11.8 Å². The van der Waals surface area contributed by atoms with Crippen molar-refractivity contribution in [2.75, 3.05) is 14.2 Å². The van der Waals surface area contributed by atoms with E-state index in [-0.39, 0.29) is 11.8 Å². The molecule has 2 aliphatic heterocycles. The Morgan fingerprint density at radius 3 is 1.29 bits per heavy atom. The normalized spacial score (nSPS) is 15.6. The maximum atomic E-state index is 13.8. The van der Waals surface area contributed by atoms with Crippen LogP contribution in [0, 0.1) is 48.8 Å². The summed E-state index contributed by atoms with van der Waals surface area (Å²) in [7, 11) is 3.10. The first-order valence-corrected chi connectivity index (χ1v) is 21.5. The molecule has 8 aromatic rings. The van der Waals surface area contributed by atoms with Crippen molar-refractivity contribution in [1.82, 2.24) is 58.6 Å². The first kappa shape index (κ1) is 45.3. The van der Waals surface area contributed by atoms with E-state index in [1.807, 2.05) is 59.6 Å². The lowest BCUT2D eigenvalue weighted by molar-refractivity contribution is 0.395.